The van der Waals surface area contributed by atoms with Gasteiger partial charge in [-0.05, 0) is 6.42 Å². The molecule has 10 heteroatoms. The molecule has 0 aromatic rings. The fourth-order valence-corrected chi connectivity index (χ4v) is 0.701. The molecule has 0 radical (unpaired) electrons. The quantitative estimate of drug-likeness (QED) is 0.516. The van der Waals surface area contributed by atoms with Crippen LogP contribution in [0.3, 0.4) is 0 Å². The molecule has 0 heterocycles. The van der Waals surface area contributed by atoms with Crippen molar-refractivity contribution in [2.45, 2.75) is 31.4 Å². The van der Waals surface area contributed by atoms with Crippen molar-refractivity contribution in [2.75, 3.05) is 6.61 Å². The summed E-state index contributed by atoms with van der Waals surface area (Å²) in [6.07, 6.45) is -7.91. The second-order valence-electron chi connectivity index (χ2n) is 3.51. The third-order valence-electron chi connectivity index (χ3n) is 1.73. The Hall–Kier alpha value is -1.71. The summed E-state index contributed by atoms with van der Waals surface area (Å²) in [5.41, 5.74) is -0.303. The Bertz CT molecular complexity index is 350. The van der Waals surface area contributed by atoms with Gasteiger partial charge < -0.3 is 15.3 Å². The molecule has 0 aromatic heterocycles. The van der Waals surface area contributed by atoms with Crippen molar-refractivity contribution in [3.63, 3.8) is 0 Å². The summed E-state index contributed by atoms with van der Waals surface area (Å²) in [5, 5.41) is 24.1. The van der Waals surface area contributed by atoms with Crippen molar-refractivity contribution in [1.82, 2.24) is 0 Å². The van der Waals surface area contributed by atoms with Crippen LogP contribution in [0, 0.1) is 0 Å². The van der Waals surface area contributed by atoms with Gasteiger partial charge in [0.25, 0.3) is 0 Å². The van der Waals surface area contributed by atoms with Crippen LogP contribution in [0.25, 0.3) is 0 Å². The SMILES string of the molecule is C=C(CC(=O)O)C(=O)O.OCCCC(F)(F)C(F)(F)F. The van der Waals surface area contributed by atoms with Gasteiger partial charge in [0.2, 0.25) is 0 Å². The summed E-state index contributed by atoms with van der Waals surface area (Å²) in [7, 11) is 0. The van der Waals surface area contributed by atoms with Crippen LogP contribution in [0.1, 0.15) is 19.3 Å². The van der Waals surface area contributed by atoms with Gasteiger partial charge in [-0.25, -0.2) is 4.79 Å². The molecule has 0 fully saturated rings. The van der Waals surface area contributed by atoms with Gasteiger partial charge in [0.05, 0.1) is 6.42 Å². The molecule has 0 bridgehead atoms. The Kier molecular flexibility index (Phi) is 8.71. The minimum atomic E-state index is -5.50. The molecule has 0 unspecified atom stereocenters. The number of aliphatic hydroxyl groups excluding tert-OH is 1. The average molecular weight is 308 g/mol. The van der Waals surface area contributed by atoms with Crippen LogP contribution in [0.15, 0.2) is 12.2 Å². The lowest BCUT2D eigenvalue weighted by molar-refractivity contribution is -0.284. The van der Waals surface area contributed by atoms with Crippen molar-refractivity contribution in [1.29, 1.82) is 0 Å². The monoisotopic (exact) mass is 308 g/mol. The molecule has 118 valence electrons. The van der Waals surface area contributed by atoms with Crippen molar-refractivity contribution < 1.29 is 46.9 Å². The average Bonchev–Trinajstić information content (AvgIpc) is 2.24. The zero-order valence-electron chi connectivity index (χ0n) is 10.1. The number of carboxylic acid groups (broad SMARTS) is 2. The van der Waals surface area contributed by atoms with Crippen LogP contribution in [-0.2, 0) is 9.59 Å². The zero-order valence-corrected chi connectivity index (χ0v) is 10.1. The van der Waals surface area contributed by atoms with Crippen LogP contribution >= 0.6 is 0 Å². The van der Waals surface area contributed by atoms with Gasteiger partial charge in [0.15, 0.2) is 0 Å². The van der Waals surface area contributed by atoms with Gasteiger partial charge in [-0.2, -0.15) is 22.0 Å². The first-order valence-electron chi connectivity index (χ1n) is 5.03. The smallest absolute Gasteiger partial charge is 0.453 e. The molecule has 0 aliphatic rings. The summed E-state index contributed by atoms with van der Waals surface area (Å²) in [5.74, 6) is -7.12. The summed E-state index contributed by atoms with van der Waals surface area (Å²) < 4.78 is 57.7. The van der Waals surface area contributed by atoms with E-state index >= 15 is 0 Å². The van der Waals surface area contributed by atoms with Gasteiger partial charge in [0.1, 0.15) is 0 Å². The predicted molar refractivity (Wildman–Crippen MR) is 56.4 cm³/mol. The number of halogens is 5. The Morgan fingerprint density at radius 2 is 1.50 bits per heavy atom. The molecule has 0 saturated heterocycles. The summed E-state index contributed by atoms with van der Waals surface area (Å²) in [4.78, 5) is 19.7. The van der Waals surface area contributed by atoms with E-state index in [4.69, 9.17) is 15.3 Å². The van der Waals surface area contributed by atoms with Crippen LogP contribution in [0.5, 0.6) is 0 Å². The lowest BCUT2D eigenvalue weighted by Crippen LogP contribution is -2.36. The molecule has 0 atom stereocenters. The van der Waals surface area contributed by atoms with E-state index < -0.39 is 49.9 Å². The number of carboxylic acids is 2. The fraction of sp³-hybridized carbons (Fsp3) is 0.600. The Balaban J connectivity index is 0. The highest BCUT2D eigenvalue weighted by Crippen LogP contribution is 2.38. The lowest BCUT2D eigenvalue weighted by atomic mass is 10.2. The van der Waals surface area contributed by atoms with E-state index in [0.717, 1.165) is 0 Å². The minimum absolute atomic E-state index is 0.303. The van der Waals surface area contributed by atoms with Crippen LogP contribution < -0.4 is 0 Å². The Morgan fingerprint density at radius 1 is 1.05 bits per heavy atom. The molecule has 0 aromatic carbocycles. The fourth-order valence-electron chi connectivity index (χ4n) is 0.701. The number of alkyl halides is 5. The maximum Gasteiger partial charge on any atom is 0.453 e. The molecule has 0 rings (SSSR count). The van der Waals surface area contributed by atoms with E-state index in [1.165, 1.54) is 0 Å². The third kappa shape index (κ3) is 9.25. The van der Waals surface area contributed by atoms with Gasteiger partial charge in [-0.1, -0.05) is 6.58 Å². The molecule has 3 N–H and O–H groups in total. The van der Waals surface area contributed by atoms with E-state index in [-0.39, 0.29) is 5.57 Å². The number of hydrogen-bond donors (Lipinski definition) is 3. The van der Waals surface area contributed by atoms with E-state index in [1.54, 1.807) is 0 Å². The van der Waals surface area contributed by atoms with Gasteiger partial charge in [-0.3, -0.25) is 4.79 Å². The second-order valence-corrected chi connectivity index (χ2v) is 3.51. The van der Waals surface area contributed by atoms with Crippen LogP contribution in [0.2, 0.25) is 0 Å². The zero-order chi connectivity index (χ0) is 16.6. The maximum absolute atomic E-state index is 11.9. The molecular weight excluding hydrogens is 295 g/mol. The number of carbonyl (C=O) groups is 2. The molecule has 0 aliphatic heterocycles. The van der Waals surface area contributed by atoms with E-state index in [9.17, 15) is 31.5 Å². The number of hydrogen-bond acceptors (Lipinski definition) is 3. The highest BCUT2D eigenvalue weighted by atomic mass is 19.4. The Labute approximate surface area is 110 Å². The van der Waals surface area contributed by atoms with Crippen molar-refractivity contribution in [3.05, 3.63) is 12.2 Å². The molecular formula is C10H13F5O5. The van der Waals surface area contributed by atoms with Gasteiger partial charge >= 0.3 is 24.0 Å². The third-order valence-corrected chi connectivity index (χ3v) is 1.73. The largest absolute Gasteiger partial charge is 0.481 e. The first-order valence-corrected chi connectivity index (χ1v) is 5.03. The molecule has 20 heavy (non-hydrogen) atoms. The molecule has 5 nitrogen and oxygen atoms in total. The molecule has 0 spiro atoms. The normalized spacial score (nSPS) is 11.3. The first kappa shape index (κ1) is 20.6. The second kappa shape index (κ2) is 8.46. The van der Waals surface area contributed by atoms with Crippen molar-refractivity contribution in [2.24, 2.45) is 0 Å². The lowest BCUT2D eigenvalue weighted by Gasteiger charge is -2.18. The molecule has 0 amide bonds. The van der Waals surface area contributed by atoms with Gasteiger partial charge in [0, 0.05) is 18.6 Å². The summed E-state index contributed by atoms with van der Waals surface area (Å²) in [6.45, 7) is 2.35. The van der Waals surface area contributed by atoms with Crippen LogP contribution in [0.4, 0.5) is 22.0 Å². The van der Waals surface area contributed by atoms with Crippen molar-refractivity contribution >= 4 is 11.9 Å². The standard InChI is InChI=1S/C5H7F5O.C5H6O4/c6-4(7,2-1-3-11)5(8,9)10;1-3(5(8)9)2-4(6)7/h11H,1-3H2;1-2H2,(H,6,7)(H,8,9). The maximum atomic E-state index is 11.9. The molecule has 0 saturated carbocycles. The van der Waals surface area contributed by atoms with E-state index in [0.29, 0.717) is 0 Å². The topological polar surface area (TPSA) is 94.8 Å². The number of aliphatic hydroxyl groups is 1. The highest BCUT2D eigenvalue weighted by molar-refractivity contribution is 5.91. The Morgan fingerprint density at radius 3 is 1.70 bits per heavy atom. The highest BCUT2D eigenvalue weighted by Gasteiger charge is 2.56. The van der Waals surface area contributed by atoms with E-state index in [2.05, 4.69) is 6.58 Å². The number of aliphatic carboxylic acids is 2. The summed E-state index contributed by atoms with van der Waals surface area (Å²) >= 11 is 0. The van der Waals surface area contributed by atoms with Crippen LogP contribution in [-0.4, -0.2) is 46.0 Å². The first-order chi connectivity index (χ1) is 8.85. The van der Waals surface area contributed by atoms with Crippen molar-refractivity contribution in [3.8, 4) is 0 Å². The number of rotatable bonds is 6. The summed E-state index contributed by atoms with van der Waals surface area (Å²) in [6, 6.07) is 0. The molecule has 0 aliphatic carbocycles. The van der Waals surface area contributed by atoms with Gasteiger partial charge in [-0.15, -0.1) is 0 Å². The van der Waals surface area contributed by atoms with E-state index in [1.807, 2.05) is 0 Å². The minimum Gasteiger partial charge on any atom is -0.481 e. The predicted octanol–water partition coefficient (Wildman–Crippen LogP) is 2.06.